The number of aromatic nitrogens is 3. The van der Waals surface area contributed by atoms with Gasteiger partial charge in [0.05, 0.1) is 19.7 Å². The fraction of sp³-hybridized carbons (Fsp3) is 0.120. The molecule has 0 saturated heterocycles. The van der Waals surface area contributed by atoms with Crippen molar-refractivity contribution in [3.05, 3.63) is 83.5 Å². The van der Waals surface area contributed by atoms with E-state index in [4.69, 9.17) is 21.1 Å². The third kappa shape index (κ3) is 3.57. The lowest BCUT2D eigenvalue weighted by atomic mass is 10.0. The number of rotatable bonds is 5. The monoisotopic (exact) mass is 429 g/mol. The Bertz CT molecular complexity index is 1330. The molecular formula is C25H20ClN3O2. The molecule has 2 aliphatic heterocycles. The van der Waals surface area contributed by atoms with Crippen LogP contribution in [0.4, 0.5) is 0 Å². The Morgan fingerprint density at radius 2 is 1.48 bits per heavy atom. The van der Waals surface area contributed by atoms with E-state index in [2.05, 4.69) is 27.0 Å². The molecular weight excluding hydrogens is 410 g/mol. The maximum Gasteiger partial charge on any atom is 0.119 e. The van der Waals surface area contributed by atoms with Gasteiger partial charge in [-0.05, 0) is 60.2 Å². The number of hydrogen-bond acceptors (Lipinski definition) is 4. The van der Waals surface area contributed by atoms with E-state index in [9.17, 15) is 0 Å². The minimum Gasteiger partial charge on any atom is -0.497 e. The zero-order valence-corrected chi connectivity index (χ0v) is 17.9. The summed E-state index contributed by atoms with van der Waals surface area (Å²) >= 11 is 6.07. The molecule has 2 aliphatic rings. The summed E-state index contributed by atoms with van der Waals surface area (Å²) in [5.41, 5.74) is 5.89. The molecule has 0 aliphatic carbocycles. The molecule has 0 amide bonds. The van der Waals surface area contributed by atoms with Crippen LogP contribution in [0.15, 0.2) is 72.9 Å². The van der Waals surface area contributed by atoms with E-state index >= 15 is 0 Å². The highest BCUT2D eigenvalue weighted by Gasteiger charge is 2.21. The molecule has 0 atom stereocenters. The highest BCUT2D eigenvalue weighted by molar-refractivity contribution is 6.30. The van der Waals surface area contributed by atoms with Crippen LogP contribution in [-0.2, 0) is 6.54 Å². The lowest BCUT2D eigenvalue weighted by molar-refractivity contribution is 0.415. The maximum atomic E-state index is 6.07. The lowest BCUT2D eigenvalue weighted by Crippen LogP contribution is -2.04. The Morgan fingerprint density at radius 1 is 0.806 bits per heavy atom. The summed E-state index contributed by atoms with van der Waals surface area (Å²) in [6, 6.07) is 21.8. The van der Waals surface area contributed by atoms with Crippen molar-refractivity contribution in [3.8, 4) is 34.0 Å². The van der Waals surface area contributed by atoms with Crippen molar-refractivity contribution in [3.63, 3.8) is 0 Å². The Hall–Kier alpha value is -3.57. The number of benzene rings is 3. The van der Waals surface area contributed by atoms with E-state index in [1.165, 1.54) is 0 Å². The summed E-state index contributed by atoms with van der Waals surface area (Å²) in [6.45, 7) is 0.698. The predicted molar refractivity (Wildman–Crippen MR) is 123 cm³/mol. The first-order valence-corrected chi connectivity index (χ1v) is 10.3. The van der Waals surface area contributed by atoms with Gasteiger partial charge in [-0.15, -0.1) is 10.2 Å². The average Bonchev–Trinajstić information content (AvgIpc) is 3.24. The van der Waals surface area contributed by atoms with Crippen LogP contribution in [0.1, 0.15) is 5.56 Å². The third-order valence-electron chi connectivity index (χ3n) is 5.44. The summed E-state index contributed by atoms with van der Waals surface area (Å²) in [6.07, 6.45) is 2.12. The maximum absolute atomic E-state index is 6.07. The second kappa shape index (κ2) is 7.93. The Labute approximate surface area is 185 Å². The third-order valence-corrected chi connectivity index (χ3v) is 5.70. The van der Waals surface area contributed by atoms with Crippen LogP contribution >= 0.6 is 11.6 Å². The van der Waals surface area contributed by atoms with Crippen molar-refractivity contribution < 1.29 is 9.47 Å². The Balaban J connectivity index is 1.70. The molecule has 0 unspecified atom stereocenters. The zero-order valence-electron chi connectivity index (χ0n) is 17.2. The number of pyridine rings is 1. The minimum absolute atomic E-state index is 0.698. The van der Waals surface area contributed by atoms with Crippen molar-refractivity contribution in [2.24, 2.45) is 0 Å². The van der Waals surface area contributed by atoms with Gasteiger partial charge in [-0.3, -0.25) is 0 Å². The van der Waals surface area contributed by atoms with E-state index in [0.29, 0.717) is 6.54 Å². The standard InChI is InChI=1S/C25H20ClN3O2/c1-30-19-9-5-17(6-10-19)24-22-15-29(14-16-3-7-18(26)8-4-16)23-12-11-20(31-2)13-21(23)25(22)28-27-24/h3-13,15H,14H2,1-2H3. The summed E-state index contributed by atoms with van der Waals surface area (Å²) in [5, 5.41) is 10.8. The van der Waals surface area contributed by atoms with Gasteiger partial charge in [0.25, 0.3) is 0 Å². The second-order valence-corrected chi connectivity index (χ2v) is 7.74. The van der Waals surface area contributed by atoms with Crippen LogP contribution in [0, 0.1) is 0 Å². The van der Waals surface area contributed by atoms with Crippen molar-refractivity contribution in [1.82, 2.24) is 14.8 Å². The zero-order chi connectivity index (χ0) is 21.4. The van der Waals surface area contributed by atoms with Gasteiger partial charge in [-0.2, -0.15) is 0 Å². The second-order valence-electron chi connectivity index (χ2n) is 7.31. The topological polar surface area (TPSA) is 49.2 Å². The molecule has 0 N–H and O–H groups in total. The fourth-order valence-electron chi connectivity index (χ4n) is 3.83. The number of nitrogens with zero attached hydrogens (tertiary/aromatic N) is 3. The van der Waals surface area contributed by atoms with Crippen LogP contribution in [-0.4, -0.2) is 29.0 Å². The summed E-state index contributed by atoms with van der Waals surface area (Å²) in [7, 11) is 3.33. The number of hydrogen-bond donors (Lipinski definition) is 0. The van der Waals surface area contributed by atoms with Gasteiger partial charge in [-0.1, -0.05) is 23.7 Å². The van der Waals surface area contributed by atoms with E-state index in [1.807, 2.05) is 60.7 Å². The molecule has 0 bridgehead atoms. The molecule has 31 heavy (non-hydrogen) atoms. The Kier molecular flexibility index (Phi) is 4.96. The van der Waals surface area contributed by atoms with Gasteiger partial charge in [0, 0.05) is 34.3 Å². The quantitative estimate of drug-likeness (QED) is 0.348. The van der Waals surface area contributed by atoms with Crippen LogP contribution in [0.25, 0.3) is 33.4 Å². The summed E-state index contributed by atoms with van der Waals surface area (Å²) < 4.78 is 13.0. The minimum atomic E-state index is 0.698. The highest BCUT2D eigenvalue weighted by atomic mass is 35.5. The summed E-state index contributed by atoms with van der Waals surface area (Å²) in [5.74, 6) is 1.59. The molecule has 5 nitrogen and oxygen atoms in total. The van der Waals surface area contributed by atoms with Crippen LogP contribution in [0.2, 0.25) is 5.02 Å². The molecule has 3 aromatic rings. The molecule has 0 radical (unpaired) electrons. The number of fused-ring (bicyclic) bond motifs is 3. The first-order valence-electron chi connectivity index (χ1n) is 9.88. The first-order chi connectivity index (χ1) is 15.2. The van der Waals surface area contributed by atoms with E-state index in [0.717, 1.165) is 55.5 Å². The van der Waals surface area contributed by atoms with E-state index in [1.54, 1.807) is 14.2 Å². The number of ether oxygens (including phenoxy) is 2. The molecule has 2 heterocycles. The summed E-state index contributed by atoms with van der Waals surface area (Å²) in [4.78, 5) is 0. The van der Waals surface area contributed by atoms with Gasteiger partial charge >= 0.3 is 0 Å². The molecule has 0 aromatic heterocycles. The SMILES string of the molecule is COc1ccc(-c2nnc3c4cc(OC)ccc4n(Cc4ccc(Cl)cc4)cc2-3)cc1. The van der Waals surface area contributed by atoms with Gasteiger partial charge in [0.2, 0.25) is 0 Å². The van der Waals surface area contributed by atoms with Gasteiger partial charge in [0.1, 0.15) is 22.9 Å². The van der Waals surface area contributed by atoms with Crippen molar-refractivity contribution in [2.45, 2.75) is 6.54 Å². The van der Waals surface area contributed by atoms with Crippen molar-refractivity contribution in [2.75, 3.05) is 14.2 Å². The fourth-order valence-corrected chi connectivity index (χ4v) is 3.95. The van der Waals surface area contributed by atoms with Gasteiger partial charge in [-0.25, -0.2) is 0 Å². The van der Waals surface area contributed by atoms with Crippen molar-refractivity contribution in [1.29, 1.82) is 0 Å². The molecule has 0 saturated carbocycles. The van der Waals surface area contributed by atoms with Crippen LogP contribution in [0.5, 0.6) is 11.5 Å². The smallest absolute Gasteiger partial charge is 0.119 e. The normalized spacial score (nSPS) is 11.2. The molecule has 154 valence electrons. The largest absolute Gasteiger partial charge is 0.497 e. The molecule has 0 fully saturated rings. The Morgan fingerprint density at radius 3 is 2.19 bits per heavy atom. The molecule has 5 rings (SSSR count). The molecule has 6 heteroatoms. The van der Waals surface area contributed by atoms with Gasteiger partial charge in [0.15, 0.2) is 0 Å². The van der Waals surface area contributed by atoms with Crippen LogP contribution in [0.3, 0.4) is 0 Å². The number of halogens is 1. The molecule has 0 spiro atoms. The highest BCUT2D eigenvalue weighted by Crippen LogP contribution is 2.38. The van der Waals surface area contributed by atoms with E-state index in [-0.39, 0.29) is 0 Å². The van der Waals surface area contributed by atoms with Crippen molar-refractivity contribution >= 4 is 22.5 Å². The number of methoxy groups -OCH3 is 2. The van der Waals surface area contributed by atoms with Crippen LogP contribution < -0.4 is 9.47 Å². The molecule has 3 aromatic carbocycles. The van der Waals surface area contributed by atoms with Gasteiger partial charge < -0.3 is 14.0 Å². The predicted octanol–water partition coefficient (Wildman–Crippen LogP) is 5.92. The first kappa shape index (κ1) is 19.4. The average molecular weight is 430 g/mol. The van der Waals surface area contributed by atoms with E-state index < -0.39 is 0 Å². The lowest BCUT2D eigenvalue weighted by Gasteiger charge is -2.16.